The van der Waals surface area contributed by atoms with Crippen molar-refractivity contribution in [2.45, 2.75) is 6.10 Å². The van der Waals surface area contributed by atoms with E-state index < -0.39 is 6.16 Å². The Kier molecular flexibility index (Phi) is 2.22. The lowest BCUT2D eigenvalue weighted by atomic mass is 10.5. The number of carbonyl (C=O) groups excluding carboxylic acids is 2. The van der Waals surface area contributed by atoms with Crippen LogP contribution in [0.2, 0.25) is 0 Å². The zero-order valence-electron chi connectivity index (χ0n) is 5.11. The minimum absolute atomic E-state index is 0.000739. The van der Waals surface area contributed by atoms with Crippen LogP contribution < -0.4 is 0 Å². The van der Waals surface area contributed by atoms with Crippen LogP contribution in [-0.4, -0.2) is 31.9 Å². The Balaban J connectivity index is 1.99. The average Bonchev–Trinajstić information content (AvgIpc) is 2.67. The Morgan fingerprint density at radius 1 is 1.80 bits per heavy atom. The third-order valence-corrected chi connectivity index (χ3v) is 0.934. The van der Waals surface area contributed by atoms with Crippen LogP contribution in [0.15, 0.2) is 0 Å². The molecule has 5 heteroatoms. The van der Waals surface area contributed by atoms with Gasteiger partial charge in [-0.05, 0) is 0 Å². The highest BCUT2D eigenvalue weighted by Crippen LogP contribution is 2.08. The summed E-state index contributed by atoms with van der Waals surface area (Å²) in [6.45, 7) is 0.789. The van der Waals surface area contributed by atoms with E-state index in [0.717, 1.165) is 0 Å². The molecule has 1 heterocycles. The molecule has 56 valence electrons. The highest BCUT2D eigenvalue weighted by molar-refractivity contribution is 5.69. The maximum Gasteiger partial charge on any atom is 0.516 e. The van der Waals surface area contributed by atoms with Crippen LogP contribution >= 0.6 is 0 Å². The van der Waals surface area contributed by atoms with Gasteiger partial charge in [-0.1, -0.05) is 0 Å². The highest BCUT2D eigenvalue weighted by atomic mass is 16.7. The molecule has 0 aromatic heterocycles. The molecule has 0 saturated carbocycles. The summed E-state index contributed by atoms with van der Waals surface area (Å²) < 4.78 is 12.9. The fraction of sp³-hybridized carbons (Fsp3) is 0.600. The molecule has 1 rings (SSSR count). The second kappa shape index (κ2) is 3.17. The van der Waals surface area contributed by atoms with E-state index >= 15 is 0 Å². The molecule has 1 atom stereocenters. The fourth-order valence-electron chi connectivity index (χ4n) is 0.399. The smallest absolute Gasteiger partial charge is 0.431 e. The molecule has 0 radical (unpaired) electrons. The van der Waals surface area contributed by atoms with Gasteiger partial charge >= 0.3 is 12.6 Å². The van der Waals surface area contributed by atoms with Crippen LogP contribution in [0.5, 0.6) is 0 Å². The van der Waals surface area contributed by atoms with Crippen molar-refractivity contribution in [3.63, 3.8) is 0 Å². The van der Waals surface area contributed by atoms with Gasteiger partial charge in [-0.3, -0.25) is 4.79 Å². The summed E-state index contributed by atoms with van der Waals surface area (Å²) in [5.41, 5.74) is 0. The Morgan fingerprint density at radius 2 is 2.50 bits per heavy atom. The molecule has 1 fully saturated rings. The summed E-state index contributed by atoms with van der Waals surface area (Å²) in [6, 6.07) is 0. The molecule has 0 aliphatic carbocycles. The number of epoxide rings is 1. The second-order valence-corrected chi connectivity index (χ2v) is 1.73. The molecule has 0 bridgehead atoms. The van der Waals surface area contributed by atoms with Gasteiger partial charge in [0.05, 0.1) is 6.61 Å². The molecule has 1 aliphatic heterocycles. The van der Waals surface area contributed by atoms with Crippen molar-refractivity contribution in [1.82, 2.24) is 0 Å². The van der Waals surface area contributed by atoms with E-state index in [0.29, 0.717) is 6.61 Å². The first-order valence-corrected chi connectivity index (χ1v) is 2.71. The Labute approximate surface area is 56.9 Å². The van der Waals surface area contributed by atoms with E-state index in [1.54, 1.807) is 0 Å². The summed E-state index contributed by atoms with van der Waals surface area (Å²) in [5, 5.41) is 0. The standard InChI is InChI=1S/C5H6O5/c6-3-10-5(7)9-2-4-1-8-4/h3-4H,1-2H2. The summed E-state index contributed by atoms with van der Waals surface area (Å²) in [5.74, 6) is 0. The lowest BCUT2D eigenvalue weighted by Gasteiger charge is -1.96. The van der Waals surface area contributed by atoms with E-state index in [9.17, 15) is 9.59 Å². The molecule has 10 heavy (non-hydrogen) atoms. The van der Waals surface area contributed by atoms with Crippen LogP contribution in [0.1, 0.15) is 0 Å². The SMILES string of the molecule is O=COC(=O)OCC1CO1. The van der Waals surface area contributed by atoms with Gasteiger partial charge in [0.15, 0.2) is 0 Å². The van der Waals surface area contributed by atoms with Gasteiger partial charge in [0, 0.05) is 0 Å². The fourth-order valence-corrected chi connectivity index (χ4v) is 0.399. The van der Waals surface area contributed by atoms with Gasteiger partial charge in [-0.2, -0.15) is 0 Å². The van der Waals surface area contributed by atoms with Crippen molar-refractivity contribution in [2.24, 2.45) is 0 Å². The van der Waals surface area contributed by atoms with Gasteiger partial charge in [0.25, 0.3) is 0 Å². The minimum Gasteiger partial charge on any atom is -0.431 e. The maximum absolute atomic E-state index is 10.2. The minimum atomic E-state index is -0.981. The topological polar surface area (TPSA) is 65.1 Å². The maximum atomic E-state index is 10.2. The lowest BCUT2D eigenvalue weighted by molar-refractivity contribution is -0.125. The molecule has 5 nitrogen and oxygen atoms in total. The summed E-state index contributed by atoms with van der Waals surface area (Å²) in [4.78, 5) is 19.8. The van der Waals surface area contributed by atoms with Crippen molar-refractivity contribution in [3.8, 4) is 0 Å². The van der Waals surface area contributed by atoms with Crippen molar-refractivity contribution >= 4 is 12.6 Å². The molecule has 0 aromatic rings. The van der Waals surface area contributed by atoms with E-state index in [2.05, 4.69) is 9.47 Å². The molecular formula is C5H6O5. The number of rotatable bonds is 3. The third-order valence-electron chi connectivity index (χ3n) is 0.934. The molecule has 0 aromatic carbocycles. The molecular weight excluding hydrogens is 140 g/mol. The Hall–Kier alpha value is -1.10. The van der Waals surface area contributed by atoms with Crippen LogP contribution in [-0.2, 0) is 19.0 Å². The van der Waals surface area contributed by atoms with Gasteiger partial charge in [-0.15, -0.1) is 0 Å². The predicted octanol–water partition coefficient (Wildman–Crippen LogP) is -0.305. The Bertz CT molecular complexity index is 139. The summed E-state index contributed by atoms with van der Waals surface area (Å²) in [6.07, 6.45) is -0.982. The van der Waals surface area contributed by atoms with Gasteiger partial charge in [0.1, 0.15) is 12.7 Å². The Morgan fingerprint density at radius 3 is 3.00 bits per heavy atom. The van der Waals surface area contributed by atoms with E-state index in [-0.39, 0.29) is 19.2 Å². The molecule has 0 amide bonds. The number of ether oxygens (including phenoxy) is 3. The first kappa shape index (κ1) is 7.01. The third kappa shape index (κ3) is 2.45. The van der Waals surface area contributed by atoms with Crippen molar-refractivity contribution < 1.29 is 23.8 Å². The van der Waals surface area contributed by atoms with Crippen molar-refractivity contribution in [2.75, 3.05) is 13.2 Å². The lowest BCUT2D eigenvalue weighted by Crippen LogP contribution is -2.10. The van der Waals surface area contributed by atoms with Crippen LogP contribution in [0.4, 0.5) is 4.79 Å². The molecule has 0 N–H and O–H groups in total. The monoisotopic (exact) mass is 146 g/mol. The highest BCUT2D eigenvalue weighted by Gasteiger charge is 2.24. The molecule has 0 spiro atoms. The summed E-state index contributed by atoms with van der Waals surface area (Å²) in [7, 11) is 0. The van der Waals surface area contributed by atoms with Crippen LogP contribution in [0.3, 0.4) is 0 Å². The first-order chi connectivity index (χ1) is 4.83. The largest absolute Gasteiger partial charge is 0.516 e. The average molecular weight is 146 g/mol. The van der Waals surface area contributed by atoms with E-state index in [4.69, 9.17) is 4.74 Å². The molecule has 1 unspecified atom stereocenters. The van der Waals surface area contributed by atoms with Gasteiger partial charge < -0.3 is 14.2 Å². The van der Waals surface area contributed by atoms with Crippen molar-refractivity contribution in [3.05, 3.63) is 0 Å². The predicted molar refractivity (Wildman–Crippen MR) is 28.2 cm³/mol. The second-order valence-electron chi connectivity index (χ2n) is 1.73. The number of hydrogen-bond donors (Lipinski definition) is 0. The van der Waals surface area contributed by atoms with Gasteiger partial charge in [0.2, 0.25) is 0 Å². The van der Waals surface area contributed by atoms with Crippen LogP contribution in [0.25, 0.3) is 0 Å². The zero-order valence-corrected chi connectivity index (χ0v) is 5.11. The molecule has 1 saturated heterocycles. The summed E-state index contributed by atoms with van der Waals surface area (Å²) >= 11 is 0. The number of carbonyl (C=O) groups is 2. The van der Waals surface area contributed by atoms with Crippen LogP contribution in [0, 0.1) is 0 Å². The number of hydrogen-bond acceptors (Lipinski definition) is 5. The first-order valence-electron chi connectivity index (χ1n) is 2.71. The van der Waals surface area contributed by atoms with Crippen molar-refractivity contribution in [1.29, 1.82) is 0 Å². The zero-order chi connectivity index (χ0) is 7.40. The van der Waals surface area contributed by atoms with E-state index in [1.807, 2.05) is 0 Å². The van der Waals surface area contributed by atoms with Gasteiger partial charge in [-0.25, -0.2) is 4.79 Å². The van der Waals surface area contributed by atoms with E-state index in [1.165, 1.54) is 0 Å². The quantitative estimate of drug-likeness (QED) is 0.236. The molecule has 1 aliphatic rings. The normalized spacial score (nSPS) is 21.4.